The van der Waals surface area contributed by atoms with Gasteiger partial charge in [-0.25, -0.2) is 9.59 Å². The van der Waals surface area contributed by atoms with Gasteiger partial charge in [-0.1, -0.05) is 36.4 Å². The summed E-state index contributed by atoms with van der Waals surface area (Å²) in [6.07, 6.45) is 2.48. The lowest BCUT2D eigenvalue weighted by Gasteiger charge is -2.24. The van der Waals surface area contributed by atoms with Crippen molar-refractivity contribution in [2.45, 2.75) is 32.4 Å². The van der Waals surface area contributed by atoms with Crippen molar-refractivity contribution < 1.29 is 19.4 Å². The fraction of sp³-hybridized carbons (Fsp3) is 0.375. The normalized spacial score (nSPS) is 13.1. The molecule has 0 aliphatic rings. The molecule has 0 saturated heterocycles. The number of carboxylic acids is 1. The van der Waals surface area contributed by atoms with Crippen molar-refractivity contribution in [3.05, 3.63) is 48.0 Å². The highest BCUT2D eigenvalue weighted by Crippen LogP contribution is 2.18. The van der Waals surface area contributed by atoms with Gasteiger partial charge >= 0.3 is 11.9 Å². The van der Waals surface area contributed by atoms with E-state index in [0.717, 1.165) is 11.6 Å². The van der Waals surface area contributed by atoms with E-state index in [4.69, 9.17) is 9.84 Å². The van der Waals surface area contributed by atoms with Gasteiger partial charge in [0.15, 0.2) is 0 Å². The molecule has 0 aromatic heterocycles. The van der Waals surface area contributed by atoms with Crippen LogP contribution in [0.25, 0.3) is 0 Å². The Hall–Kier alpha value is -2.14. The predicted molar refractivity (Wildman–Crippen MR) is 79.8 cm³/mol. The topological polar surface area (TPSA) is 75.6 Å². The minimum atomic E-state index is -1.02. The standard InChI is InChI=1S/C16H21NO4/c1-16(2,3)21-15(20)14(12-8-5-4-6-9-12)17-11-7-10-13(18)19/h4-10,14,17H,11H2,1-3H3,(H,18,19)/b10-7+/t14-/m1/s1. The summed E-state index contributed by atoms with van der Waals surface area (Å²) >= 11 is 0. The maximum Gasteiger partial charge on any atom is 0.328 e. The van der Waals surface area contributed by atoms with Crippen LogP contribution in [0.2, 0.25) is 0 Å². The molecule has 2 N–H and O–H groups in total. The van der Waals surface area contributed by atoms with E-state index in [1.54, 1.807) is 20.8 Å². The summed E-state index contributed by atoms with van der Waals surface area (Å²) in [6, 6.07) is 8.54. The average Bonchev–Trinajstić information content (AvgIpc) is 2.37. The number of benzene rings is 1. The van der Waals surface area contributed by atoms with Gasteiger partial charge in [0, 0.05) is 12.6 Å². The third-order valence-electron chi connectivity index (χ3n) is 2.48. The Morgan fingerprint density at radius 1 is 1.29 bits per heavy atom. The number of carboxylic acid groups (broad SMARTS) is 1. The molecular formula is C16H21NO4. The van der Waals surface area contributed by atoms with Crippen LogP contribution >= 0.6 is 0 Å². The predicted octanol–water partition coefficient (Wildman–Crippen LogP) is 2.30. The average molecular weight is 291 g/mol. The lowest BCUT2D eigenvalue weighted by Crippen LogP contribution is -2.35. The molecule has 1 aromatic rings. The van der Waals surface area contributed by atoms with Crippen LogP contribution < -0.4 is 5.32 Å². The fourth-order valence-electron chi connectivity index (χ4n) is 1.69. The van der Waals surface area contributed by atoms with Crippen LogP contribution in [0.15, 0.2) is 42.5 Å². The number of carbonyl (C=O) groups excluding carboxylic acids is 1. The number of nitrogens with one attached hydrogen (secondary N) is 1. The molecule has 21 heavy (non-hydrogen) atoms. The molecular weight excluding hydrogens is 270 g/mol. The molecule has 0 aliphatic heterocycles. The van der Waals surface area contributed by atoms with Crippen molar-refractivity contribution in [1.29, 1.82) is 0 Å². The number of esters is 1. The maximum atomic E-state index is 12.3. The zero-order chi connectivity index (χ0) is 15.9. The molecule has 0 aliphatic carbocycles. The van der Waals surface area contributed by atoms with Crippen LogP contribution in [0.5, 0.6) is 0 Å². The smallest absolute Gasteiger partial charge is 0.328 e. The van der Waals surface area contributed by atoms with Crippen LogP contribution in [0.3, 0.4) is 0 Å². The monoisotopic (exact) mass is 291 g/mol. The molecule has 1 atom stereocenters. The summed E-state index contributed by atoms with van der Waals surface area (Å²) in [7, 11) is 0. The van der Waals surface area contributed by atoms with E-state index in [0.29, 0.717) is 0 Å². The van der Waals surface area contributed by atoms with Crippen LogP contribution in [-0.4, -0.2) is 29.2 Å². The summed E-state index contributed by atoms with van der Waals surface area (Å²) in [4.78, 5) is 22.7. The molecule has 0 bridgehead atoms. The highest BCUT2D eigenvalue weighted by molar-refractivity contribution is 5.80. The lowest BCUT2D eigenvalue weighted by atomic mass is 10.1. The van der Waals surface area contributed by atoms with Crippen molar-refractivity contribution in [1.82, 2.24) is 5.32 Å². The van der Waals surface area contributed by atoms with Gasteiger partial charge in [0.05, 0.1) is 0 Å². The lowest BCUT2D eigenvalue weighted by molar-refractivity contribution is -0.157. The van der Waals surface area contributed by atoms with Crippen LogP contribution in [0, 0.1) is 0 Å². The molecule has 1 aromatic carbocycles. The second kappa shape index (κ2) is 7.59. The Bertz CT molecular complexity index is 503. The zero-order valence-corrected chi connectivity index (χ0v) is 12.5. The van der Waals surface area contributed by atoms with E-state index in [1.807, 2.05) is 30.3 Å². The number of rotatable bonds is 6. The van der Waals surface area contributed by atoms with Crippen molar-refractivity contribution >= 4 is 11.9 Å². The van der Waals surface area contributed by atoms with Gasteiger partial charge in [-0.05, 0) is 26.3 Å². The first-order chi connectivity index (χ1) is 9.79. The quantitative estimate of drug-likeness (QED) is 0.621. The molecule has 0 saturated carbocycles. The molecule has 1 rings (SSSR count). The Labute approximate surface area is 124 Å². The number of hydrogen-bond acceptors (Lipinski definition) is 4. The minimum absolute atomic E-state index is 0.255. The first-order valence-corrected chi connectivity index (χ1v) is 6.70. The van der Waals surface area contributed by atoms with Gasteiger partial charge in [-0.2, -0.15) is 0 Å². The Morgan fingerprint density at radius 3 is 2.43 bits per heavy atom. The van der Waals surface area contributed by atoms with E-state index < -0.39 is 23.6 Å². The molecule has 5 nitrogen and oxygen atoms in total. The first-order valence-electron chi connectivity index (χ1n) is 6.70. The zero-order valence-electron chi connectivity index (χ0n) is 12.5. The number of hydrogen-bond donors (Lipinski definition) is 2. The van der Waals surface area contributed by atoms with Crippen LogP contribution in [0.4, 0.5) is 0 Å². The van der Waals surface area contributed by atoms with Crippen molar-refractivity contribution in [3.8, 4) is 0 Å². The molecule has 0 fully saturated rings. The SMILES string of the molecule is CC(C)(C)OC(=O)[C@H](NC/C=C/C(=O)O)c1ccccc1. The Morgan fingerprint density at radius 2 is 1.90 bits per heavy atom. The van der Waals surface area contributed by atoms with E-state index >= 15 is 0 Å². The van der Waals surface area contributed by atoms with Crippen LogP contribution in [-0.2, 0) is 14.3 Å². The van der Waals surface area contributed by atoms with Gasteiger partial charge < -0.3 is 9.84 Å². The van der Waals surface area contributed by atoms with E-state index in [2.05, 4.69) is 5.32 Å². The number of aliphatic carboxylic acids is 1. The van der Waals surface area contributed by atoms with Gasteiger partial charge in [-0.15, -0.1) is 0 Å². The van der Waals surface area contributed by atoms with Gasteiger partial charge in [0.25, 0.3) is 0 Å². The summed E-state index contributed by atoms with van der Waals surface area (Å²) in [5.41, 5.74) is 0.193. The largest absolute Gasteiger partial charge is 0.478 e. The molecule has 114 valence electrons. The first kappa shape index (κ1) is 16.9. The minimum Gasteiger partial charge on any atom is -0.478 e. The maximum absolute atomic E-state index is 12.3. The summed E-state index contributed by atoms with van der Waals surface area (Å²) < 4.78 is 5.39. The number of carbonyl (C=O) groups is 2. The highest BCUT2D eigenvalue weighted by atomic mass is 16.6. The third-order valence-corrected chi connectivity index (χ3v) is 2.48. The highest BCUT2D eigenvalue weighted by Gasteiger charge is 2.25. The molecule has 0 heterocycles. The van der Waals surface area contributed by atoms with E-state index in [1.165, 1.54) is 6.08 Å². The molecule has 0 spiro atoms. The molecule has 5 heteroatoms. The second-order valence-electron chi connectivity index (χ2n) is 5.53. The van der Waals surface area contributed by atoms with Crippen LogP contribution in [0.1, 0.15) is 32.4 Å². The van der Waals surface area contributed by atoms with Gasteiger partial charge in [-0.3, -0.25) is 5.32 Å². The van der Waals surface area contributed by atoms with E-state index in [9.17, 15) is 9.59 Å². The summed E-state index contributed by atoms with van der Waals surface area (Å²) in [6.45, 7) is 5.66. The third kappa shape index (κ3) is 6.72. The molecule has 0 radical (unpaired) electrons. The van der Waals surface area contributed by atoms with Crippen molar-refractivity contribution in [3.63, 3.8) is 0 Å². The Kier molecular flexibility index (Phi) is 6.11. The summed E-state index contributed by atoms with van der Waals surface area (Å²) in [5, 5.41) is 11.5. The van der Waals surface area contributed by atoms with Crippen molar-refractivity contribution in [2.75, 3.05) is 6.54 Å². The van der Waals surface area contributed by atoms with Gasteiger partial charge in [0.1, 0.15) is 11.6 Å². The molecule has 0 unspecified atom stereocenters. The molecule has 0 amide bonds. The fourth-order valence-corrected chi connectivity index (χ4v) is 1.69. The van der Waals surface area contributed by atoms with E-state index in [-0.39, 0.29) is 6.54 Å². The summed E-state index contributed by atoms with van der Waals surface area (Å²) in [5.74, 6) is -1.41. The van der Waals surface area contributed by atoms with Crippen molar-refractivity contribution in [2.24, 2.45) is 0 Å². The second-order valence-corrected chi connectivity index (χ2v) is 5.53. The number of ether oxygens (including phenoxy) is 1. The van der Waals surface area contributed by atoms with Gasteiger partial charge in [0.2, 0.25) is 0 Å². The Balaban J connectivity index is 2.80.